The number of aliphatic hydroxyl groups excluding tert-OH is 1. The van der Waals surface area contributed by atoms with Crippen molar-refractivity contribution < 1.29 is 18.3 Å². The number of alkyl halides is 3. The molecular formula is C12H20F3NO. The fourth-order valence-corrected chi connectivity index (χ4v) is 2.76. The highest BCUT2D eigenvalue weighted by molar-refractivity contribution is 4.83. The first kappa shape index (κ1) is 13.1. The van der Waals surface area contributed by atoms with Crippen LogP contribution in [0, 0.1) is 11.8 Å². The fraction of sp³-hybridized carbons (Fsp3) is 1.00. The van der Waals surface area contributed by atoms with Crippen LogP contribution >= 0.6 is 0 Å². The summed E-state index contributed by atoms with van der Waals surface area (Å²) in [5, 5.41) is 9.19. The Balaban J connectivity index is 1.73. The van der Waals surface area contributed by atoms with E-state index in [0.29, 0.717) is 25.9 Å². The quantitative estimate of drug-likeness (QED) is 0.832. The highest BCUT2D eigenvalue weighted by Gasteiger charge is 2.44. The molecule has 2 aliphatic rings. The Kier molecular flexibility index (Phi) is 3.98. The van der Waals surface area contributed by atoms with Gasteiger partial charge in [0, 0.05) is 6.54 Å². The number of rotatable bonds is 3. The Morgan fingerprint density at radius 2 is 1.71 bits per heavy atom. The van der Waals surface area contributed by atoms with Crippen LogP contribution in [0.25, 0.3) is 0 Å². The van der Waals surface area contributed by atoms with E-state index in [1.807, 2.05) is 0 Å². The van der Waals surface area contributed by atoms with Crippen LogP contribution in [0.3, 0.4) is 0 Å². The molecule has 0 radical (unpaired) electrons. The third-order valence-electron chi connectivity index (χ3n) is 4.16. The lowest BCUT2D eigenvalue weighted by molar-refractivity contribution is -0.223. The molecule has 2 rings (SSSR count). The van der Waals surface area contributed by atoms with E-state index in [-0.39, 0.29) is 0 Å². The average molecular weight is 251 g/mol. The van der Waals surface area contributed by atoms with Crippen molar-refractivity contribution in [3.8, 4) is 0 Å². The number of hydrogen-bond acceptors (Lipinski definition) is 2. The number of hydrogen-bond donors (Lipinski definition) is 1. The zero-order valence-electron chi connectivity index (χ0n) is 9.92. The normalized spacial score (nSPS) is 26.8. The van der Waals surface area contributed by atoms with Crippen molar-refractivity contribution in [3.05, 3.63) is 0 Å². The predicted molar refractivity (Wildman–Crippen MR) is 58.6 cm³/mol. The van der Waals surface area contributed by atoms with Crippen molar-refractivity contribution in [2.75, 3.05) is 19.6 Å². The van der Waals surface area contributed by atoms with E-state index >= 15 is 0 Å². The predicted octanol–water partition coefficient (Wildman–Crippen LogP) is 2.42. The molecule has 1 N–H and O–H groups in total. The summed E-state index contributed by atoms with van der Waals surface area (Å²) in [6.07, 6.45) is -1.82. The summed E-state index contributed by atoms with van der Waals surface area (Å²) in [7, 11) is 0. The molecule has 1 aliphatic carbocycles. The van der Waals surface area contributed by atoms with Gasteiger partial charge in [-0.25, -0.2) is 0 Å². The molecule has 1 saturated heterocycles. The summed E-state index contributed by atoms with van der Waals surface area (Å²) in [6, 6.07) is 0. The minimum atomic E-state index is -4.46. The molecule has 5 heteroatoms. The van der Waals surface area contributed by atoms with Gasteiger partial charge in [0.25, 0.3) is 0 Å². The molecule has 17 heavy (non-hydrogen) atoms. The van der Waals surface area contributed by atoms with Gasteiger partial charge in [-0.15, -0.1) is 0 Å². The molecular weight excluding hydrogens is 231 g/mol. The smallest absolute Gasteiger partial charge is 0.383 e. The second-order valence-electron chi connectivity index (χ2n) is 5.42. The van der Waals surface area contributed by atoms with Crippen LogP contribution < -0.4 is 0 Å². The molecule has 1 heterocycles. The second-order valence-corrected chi connectivity index (χ2v) is 5.42. The molecule has 0 aromatic carbocycles. The molecule has 0 amide bonds. The lowest BCUT2D eigenvalue weighted by Crippen LogP contribution is -2.44. The third-order valence-corrected chi connectivity index (χ3v) is 4.16. The topological polar surface area (TPSA) is 23.5 Å². The molecule has 100 valence electrons. The van der Waals surface area contributed by atoms with E-state index in [9.17, 15) is 18.3 Å². The van der Waals surface area contributed by atoms with Gasteiger partial charge in [-0.2, -0.15) is 13.2 Å². The molecule has 2 fully saturated rings. The maximum absolute atomic E-state index is 12.3. The SMILES string of the molecule is OC(C1CCN(CC2CCC2)CC1)C(F)(F)F. The largest absolute Gasteiger partial charge is 0.414 e. The van der Waals surface area contributed by atoms with Crippen LogP contribution in [0.15, 0.2) is 0 Å². The zero-order valence-corrected chi connectivity index (χ0v) is 9.92. The van der Waals surface area contributed by atoms with E-state index in [2.05, 4.69) is 4.90 Å². The van der Waals surface area contributed by atoms with Gasteiger partial charge in [0.2, 0.25) is 0 Å². The van der Waals surface area contributed by atoms with Gasteiger partial charge >= 0.3 is 6.18 Å². The molecule has 1 saturated carbocycles. The van der Waals surface area contributed by atoms with E-state index in [1.165, 1.54) is 19.3 Å². The minimum absolute atomic E-state index is 0.466. The average Bonchev–Trinajstić information content (AvgIpc) is 2.22. The van der Waals surface area contributed by atoms with Gasteiger partial charge in [0.1, 0.15) is 0 Å². The molecule has 1 atom stereocenters. The van der Waals surface area contributed by atoms with Crippen molar-refractivity contribution in [2.24, 2.45) is 11.8 Å². The molecule has 2 nitrogen and oxygen atoms in total. The molecule has 0 aromatic heterocycles. The number of nitrogens with zero attached hydrogens (tertiary/aromatic N) is 1. The van der Waals surface area contributed by atoms with Crippen molar-refractivity contribution >= 4 is 0 Å². The van der Waals surface area contributed by atoms with Crippen molar-refractivity contribution in [1.82, 2.24) is 4.90 Å². The Morgan fingerprint density at radius 1 is 1.12 bits per heavy atom. The van der Waals surface area contributed by atoms with Gasteiger partial charge in [0.15, 0.2) is 6.10 Å². The van der Waals surface area contributed by atoms with Crippen LogP contribution in [0.1, 0.15) is 32.1 Å². The highest BCUT2D eigenvalue weighted by atomic mass is 19.4. The third kappa shape index (κ3) is 3.35. The van der Waals surface area contributed by atoms with Gasteiger partial charge < -0.3 is 10.0 Å². The van der Waals surface area contributed by atoms with Crippen molar-refractivity contribution in [1.29, 1.82) is 0 Å². The Morgan fingerprint density at radius 3 is 2.12 bits per heavy atom. The maximum Gasteiger partial charge on any atom is 0.414 e. The van der Waals surface area contributed by atoms with E-state index in [0.717, 1.165) is 12.5 Å². The summed E-state index contributed by atoms with van der Waals surface area (Å²) in [5.41, 5.74) is 0. The second kappa shape index (κ2) is 5.14. The van der Waals surface area contributed by atoms with Crippen LogP contribution in [0.2, 0.25) is 0 Å². The maximum atomic E-state index is 12.3. The standard InChI is InChI=1S/C12H20F3NO/c13-12(14,15)11(17)10-4-6-16(7-5-10)8-9-2-1-3-9/h9-11,17H,1-8H2. The van der Waals surface area contributed by atoms with Crippen molar-refractivity contribution in [2.45, 2.75) is 44.4 Å². The first-order chi connectivity index (χ1) is 7.97. The van der Waals surface area contributed by atoms with E-state index in [1.54, 1.807) is 0 Å². The van der Waals surface area contributed by atoms with Crippen LogP contribution in [-0.4, -0.2) is 41.9 Å². The van der Waals surface area contributed by atoms with E-state index < -0.39 is 18.2 Å². The summed E-state index contributed by atoms with van der Waals surface area (Å²) in [4.78, 5) is 2.25. The Bertz CT molecular complexity index is 245. The summed E-state index contributed by atoms with van der Waals surface area (Å²) < 4.78 is 37.0. The van der Waals surface area contributed by atoms with Gasteiger partial charge in [0.05, 0.1) is 0 Å². The number of halogens is 3. The first-order valence-electron chi connectivity index (χ1n) is 6.44. The zero-order chi connectivity index (χ0) is 12.5. The molecule has 1 unspecified atom stereocenters. The Labute approximate surface area is 99.8 Å². The van der Waals surface area contributed by atoms with Gasteiger partial charge in [-0.05, 0) is 50.6 Å². The van der Waals surface area contributed by atoms with Gasteiger partial charge in [-0.1, -0.05) is 6.42 Å². The summed E-state index contributed by atoms with van der Waals surface area (Å²) >= 11 is 0. The van der Waals surface area contributed by atoms with Crippen LogP contribution in [0.5, 0.6) is 0 Å². The summed E-state index contributed by atoms with van der Waals surface area (Å²) in [5.74, 6) is 0.159. The molecule has 1 aliphatic heterocycles. The number of piperidine rings is 1. The molecule has 0 bridgehead atoms. The van der Waals surface area contributed by atoms with Gasteiger partial charge in [-0.3, -0.25) is 0 Å². The van der Waals surface area contributed by atoms with Crippen molar-refractivity contribution in [3.63, 3.8) is 0 Å². The number of aliphatic hydroxyl groups is 1. The highest BCUT2D eigenvalue weighted by Crippen LogP contribution is 2.33. The van der Waals surface area contributed by atoms with E-state index in [4.69, 9.17) is 0 Å². The monoisotopic (exact) mass is 251 g/mol. The Hall–Kier alpha value is -0.290. The molecule has 0 spiro atoms. The lowest BCUT2D eigenvalue weighted by atomic mass is 9.84. The summed E-state index contributed by atoms with van der Waals surface area (Å²) in [6.45, 7) is 2.44. The lowest BCUT2D eigenvalue weighted by Gasteiger charge is -2.38. The number of likely N-dealkylation sites (tertiary alicyclic amines) is 1. The molecule has 0 aromatic rings. The van der Waals surface area contributed by atoms with Crippen LogP contribution in [-0.2, 0) is 0 Å². The first-order valence-corrected chi connectivity index (χ1v) is 6.44. The minimum Gasteiger partial charge on any atom is -0.383 e. The fourth-order valence-electron chi connectivity index (χ4n) is 2.76. The van der Waals surface area contributed by atoms with Crippen LogP contribution in [0.4, 0.5) is 13.2 Å².